The fourth-order valence-electron chi connectivity index (χ4n) is 2.40. The van der Waals surface area contributed by atoms with Crippen molar-refractivity contribution in [3.63, 3.8) is 0 Å². The van der Waals surface area contributed by atoms with E-state index in [1.165, 1.54) is 0 Å². The van der Waals surface area contributed by atoms with Crippen molar-refractivity contribution in [2.45, 2.75) is 37.5 Å². The third kappa shape index (κ3) is 2.69. The first-order valence-electron chi connectivity index (χ1n) is 5.97. The van der Waals surface area contributed by atoms with Gasteiger partial charge in [0.2, 0.25) is 0 Å². The number of aliphatic hydroxyl groups excluding tert-OH is 1. The minimum atomic E-state index is -3.13. The first kappa shape index (κ1) is 12.6. The molecule has 94 valence electrons. The van der Waals surface area contributed by atoms with Gasteiger partial charge in [-0.15, -0.1) is 0 Å². The van der Waals surface area contributed by atoms with E-state index in [4.69, 9.17) is 0 Å². The van der Waals surface area contributed by atoms with Crippen LogP contribution in [0.1, 0.15) is 36.5 Å². The van der Waals surface area contributed by atoms with Crippen molar-refractivity contribution in [2.24, 2.45) is 0 Å². The summed E-state index contributed by atoms with van der Waals surface area (Å²) >= 11 is 0. The SMILES string of the molecule is Cc1cccc(C(O)C2CCCCS2(=O)=O)c1. The van der Waals surface area contributed by atoms with Crippen molar-refractivity contribution < 1.29 is 13.5 Å². The fourth-order valence-corrected chi connectivity index (χ4v) is 4.39. The molecule has 1 heterocycles. The summed E-state index contributed by atoms with van der Waals surface area (Å²) in [6.45, 7) is 1.94. The van der Waals surface area contributed by atoms with E-state index in [2.05, 4.69) is 0 Å². The van der Waals surface area contributed by atoms with Crippen LogP contribution in [0.15, 0.2) is 24.3 Å². The highest BCUT2D eigenvalue weighted by Gasteiger charge is 2.35. The van der Waals surface area contributed by atoms with E-state index in [0.29, 0.717) is 12.0 Å². The zero-order chi connectivity index (χ0) is 12.5. The molecule has 2 unspecified atom stereocenters. The lowest BCUT2D eigenvalue weighted by atomic mass is 10.0. The summed E-state index contributed by atoms with van der Waals surface area (Å²) in [5, 5.41) is 9.60. The Labute approximate surface area is 102 Å². The minimum Gasteiger partial charge on any atom is -0.387 e. The van der Waals surface area contributed by atoms with E-state index in [-0.39, 0.29) is 5.75 Å². The molecule has 0 aromatic heterocycles. The van der Waals surface area contributed by atoms with Crippen LogP contribution in [-0.2, 0) is 9.84 Å². The van der Waals surface area contributed by atoms with Crippen LogP contribution in [0, 0.1) is 6.92 Å². The molecular weight excluding hydrogens is 236 g/mol. The molecule has 0 radical (unpaired) electrons. The van der Waals surface area contributed by atoms with E-state index in [0.717, 1.165) is 18.4 Å². The quantitative estimate of drug-likeness (QED) is 0.878. The van der Waals surface area contributed by atoms with Crippen LogP contribution in [0.2, 0.25) is 0 Å². The molecule has 0 saturated carbocycles. The van der Waals surface area contributed by atoms with Gasteiger partial charge in [0.25, 0.3) is 0 Å². The third-order valence-electron chi connectivity index (χ3n) is 3.36. The van der Waals surface area contributed by atoms with Crippen LogP contribution in [0.4, 0.5) is 0 Å². The standard InChI is InChI=1S/C13H18O3S/c1-10-5-4-6-11(9-10)13(14)12-7-2-3-8-17(12,15)16/h4-6,9,12-14H,2-3,7-8H2,1H3. The zero-order valence-corrected chi connectivity index (χ0v) is 10.8. The Morgan fingerprint density at radius 1 is 1.35 bits per heavy atom. The van der Waals surface area contributed by atoms with Crippen LogP contribution < -0.4 is 0 Å². The molecule has 2 atom stereocenters. The molecule has 0 aliphatic carbocycles. The topological polar surface area (TPSA) is 54.4 Å². The Balaban J connectivity index is 2.28. The molecule has 4 heteroatoms. The molecule has 0 spiro atoms. The lowest BCUT2D eigenvalue weighted by Gasteiger charge is -2.27. The zero-order valence-electron chi connectivity index (χ0n) is 9.96. The fraction of sp³-hybridized carbons (Fsp3) is 0.538. The van der Waals surface area contributed by atoms with Crippen molar-refractivity contribution >= 4 is 9.84 Å². The number of benzene rings is 1. The van der Waals surface area contributed by atoms with Crippen LogP contribution >= 0.6 is 0 Å². The Bertz CT molecular complexity index is 493. The maximum atomic E-state index is 11.9. The molecule has 1 aliphatic heterocycles. The molecule has 1 N–H and O–H groups in total. The number of aliphatic hydroxyl groups is 1. The second-order valence-corrected chi connectivity index (χ2v) is 7.10. The summed E-state index contributed by atoms with van der Waals surface area (Å²) in [5.41, 5.74) is 1.75. The lowest BCUT2D eigenvalue weighted by molar-refractivity contribution is 0.164. The maximum Gasteiger partial charge on any atom is 0.156 e. The number of sulfone groups is 1. The van der Waals surface area contributed by atoms with Gasteiger partial charge in [-0.1, -0.05) is 36.2 Å². The Morgan fingerprint density at radius 3 is 2.76 bits per heavy atom. The van der Waals surface area contributed by atoms with Gasteiger partial charge in [-0.3, -0.25) is 0 Å². The lowest BCUT2D eigenvalue weighted by Crippen LogP contribution is -2.33. The second-order valence-electron chi connectivity index (χ2n) is 4.76. The van der Waals surface area contributed by atoms with Gasteiger partial charge in [0.1, 0.15) is 0 Å². The van der Waals surface area contributed by atoms with Crippen LogP contribution in [0.5, 0.6) is 0 Å². The number of hydrogen-bond donors (Lipinski definition) is 1. The summed E-state index contributed by atoms with van der Waals surface area (Å²) in [7, 11) is -3.13. The molecule has 1 aromatic rings. The van der Waals surface area contributed by atoms with Gasteiger partial charge < -0.3 is 5.11 Å². The largest absolute Gasteiger partial charge is 0.387 e. The van der Waals surface area contributed by atoms with Crippen LogP contribution in [-0.4, -0.2) is 24.5 Å². The van der Waals surface area contributed by atoms with Crippen molar-refractivity contribution in [1.82, 2.24) is 0 Å². The van der Waals surface area contributed by atoms with Gasteiger partial charge in [-0.05, 0) is 25.3 Å². The summed E-state index contributed by atoms with van der Waals surface area (Å²) in [5.74, 6) is 0.209. The van der Waals surface area contributed by atoms with Crippen LogP contribution in [0.3, 0.4) is 0 Å². The predicted octanol–water partition coefficient (Wildman–Crippen LogP) is 2.00. The highest BCUT2D eigenvalue weighted by molar-refractivity contribution is 7.92. The monoisotopic (exact) mass is 254 g/mol. The molecule has 1 fully saturated rings. The maximum absolute atomic E-state index is 11.9. The van der Waals surface area contributed by atoms with Crippen molar-refractivity contribution in [3.8, 4) is 0 Å². The molecule has 17 heavy (non-hydrogen) atoms. The molecule has 1 saturated heterocycles. The Kier molecular flexibility index (Phi) is 3.54. The average molecular weight is 254 g/mol. The van der Waals surface area contributed by atoms with Gasteiger partial charge in [0.15, 0.2) is 9.84 Å². The molecule has 1 aliphatic rings. The molecule has 1 aromatic carbocycles. The third-order valence-corrected chi connectivity index (χ3v) is 5.64. The van der Waals surface area contributed by atoms with E-state index < -0.39 is 21.2 Å². The molecular formula is C13H18O3S. The summed E-state index contributed by atoms with van der Waals surface area (Å²) in [6.07, 6.45) is 1.28. The molecule has 3 nitrogen and oxygen atoms in total. The smallest absolute Gasteiger partial charge is 0.156 e. The summed E-state index contributed by atoms with van der Waals surface area (Å²) in [4.78, 5) is 0. The first-order chi connectivity index (χ1) is 8.00. The predicted molar refractivity (Wildman–Crippen MR) is 67.6 cm³/mol. The van der Waals surface area contributed by atoms with E-state index in [1.54, 1.807) is 6.07 Å². The van der Waals surface area contributed by atoms with Crippen molar-refractivity contribution in [1.29, 1.82) is 0 Å². The Morgan fingerprint density at radius 2 is 2.12 bits per heavy atom. The number of rotatable bonds is 2. The summed E-state index contributed by atoms with van der Waals surface area (Å²) in [6, 6.07) is 7.44. The highest BCUT2D eigenvalue weighted by Crippen LogP contribution is 2.30. The number of hydrogen-bond acceptors (Lipinski definition) is 3. The van der Waals surface area contributed by atoms with E-state index in [1.807, 2.05) is 25.1 Å². The second kappa shape index (κ2) is 4.78. The minimum absolute atomic E-state index is 0.209. The van der Waals surface area contributed by atoms with Gasteiger partial charge >= 0.3 is 0 Å². The molecule has 0 amide bonds. The van der Waals surface area contributed by atoms with Gasteiger partial charge in [0.05, 0.1) is 17.1 Å². The van der Waals surface area contributed by atoms with E-state index >= 15 is 0 Å². The van der Waals surface area contributed by atoms with Crippen LogP contribution in [0.25, 0.3) is 0 Å². The van der Waals surface area contributed by atoms with Gasteiger partial charge in [0, 0.05) is 0 Å². The van der Waals surface area contributed by atoms with Gasteiger partial charge in [-0.2, -0.15) is 0 Å². The Hall–Kier alpha value is -0.870. The molecule has 2 rings (SSSR count). The molecule has 0 bridgehead atoms. The van der Waals surface area contributed by atoms with Gasteiger partial charge in [-0.25, -0.2) is 8.42 Å². The normalized spacial score (nSPS) is 25.4. The van der Waals surface area contributed by atoms with E-state index in [9.17, 15) is 13.5 Å². The number of aryl methyl sites for hydroxylation is 1. The van der Waals surface area contributed by atoms with Crippen molar-refractivity contribution in [3.05, 3.63) is 35.4 Å². The van der Waals surface area contributed by atoms with Crippen molar-refractivity contribution in [2.75, 3.05) is 5.75 Å². The highest BCUT2D eigenvalue weighted by atomic mass is 32.2. The summed E-state index contributed by atoms with van der Waals surface area (Å²) < 4.78 is 23.8. The average Bonchev–Trinajstić information content (AvgIpc) is 2.27. The first-order valence-corrected chi connectivity index (χ1v) is 7.68.